The Bertz CT molecular complexity index is 1240. The first-order chi connectivity index (χ1) is 14.6. The molecule has 0 aliphatic rings. The molecule has 7 nitrogen and oxygen atoms in total. The molecule has 2 N–H and O–H groups in total. The van der Waals surface area contributed by atoms with E-state index < -0.39 is 4.92 Å². The van der Waals surface area contributed by atoms with Crippen LogP contribution in [0.15, 0.2) is 95.2 Å². The van der Waals surface area contributed by atoms with Crippen LogP contribution in [-0.4, -0.2) is 4.92 Å². The minimum absolute atomic E-state index is 0.140. The molecular weight excluding hydrogens is 402 g/mol. The van der Waals surface area contributed by atoms with E-state index in [1.807, 2.05) is 66.7 Å². The van der Waals surface area contributed by atoms with E-state index in [9.17, 15) is 10.1 Å². The molecule has 0 aromatic heterocycles. The SMILES string of the molecule is O=[N+]([O-])c1cc(Cl)ccc1N=Nc1ccc(NNc2ccccc2)c2ccccc12. The predicted octanol–water partition coefficient (Wildman–Crippen LogP) is 7.26. The maximum Gasteiger partial charge on any atom is 0.298 e. The Kier molecular flexibility index (Phi) is 5.54. The highest BCUT2D eigenvalue weighted by Crippen LogP contribution is 2.35. The van der Waals surface area contributed by atoms with Gasteiger partial charge >= 0.3 is 0 Å². The lowest BCUT2D eigenvalue weighted by atomic mass is 10.1. The number of rotatable bonds is 6. The summed E-state index contributed by atoms with van der Waals surface area (Å²) in [5.41, 5.74) is 8.71. The fourth-order valence-corrected chi connectivity index (χ4v) is 3.14. The third-order valence-electron chi connectivity index (χ3n) is 4.42. The standard InChI is InChI=1S/C22H16ClN5O2/c23-15-10-11-21(22(14-15)28(29)30)27-26-20-13-12-19(17-8-4-5-9-18(17)20)25-24-16-6-2-1-3-7-16/h1-14,24-25H. The van der Waals surface area contributed by atoms with Gasteiger partial charge in [0.05, 0.1) is 22.0 Å². The van der Waals surface area contributed by atoms with Gasteiger partial charge in [-0.25, -0.2) is 0 Å². The van der Waals surface area contributed by atoms with E-state index in [1.54, 1.807) is 6.07 Å². The Hall–Kier alpha value is -3.97. The van der Waals surface area contributed by atoms with E-state index in [4.69, 9.17) is 11.6 Å². The number of nitro groups is 1. The summed E-state index contributed by atoms with van der Waals surface area (Å²) in [7, 11) is 0. The number of anilines is 2. The summed E-state index contributed by atoms with van der Waals surface area (Å²) in [5, 5.41) is 21.7. The summed E-state index contributed by atoms with van der Waals surface area (Å²) in [4.78, 5) is 10.7. The number of azo groups is 1. The van der Waals surface area contributed by atoms with Gasteiger partial charge in [0, 0.05) is 21.9 Å². The van der Waals surface area contributed by atoms with Gasteiger partial charge in [0.15, 0.2) is 5.69 Å². The highest BCUT2D eigenvalue weighted by atomic mass is 35.5. The zero-order valence-electron chi connectivity index (χ0n) is 15.6. The maximum atomic E-state index is 11.3. The first-order valence-corrected chi connectivity index (χ1v) is 9.44. The third kappa shape index (κ3) is 4.21. The maximum absolute atomic E-state index is 11.3. The highest BCUT2D eigenvalue weighted by Gasteiger charge is 2.14. The number of hydrogen-bond donors (Lipinski definition) is 2. The van der Waals surface area contributed by atoms with Gasteiger partial charge in [-0.15, -0.1) is 10.2 Å². The van der Waals surface area contributed by atoms with Crippen molar-refractivity contribution in [3.8, 4) is 0 Å². The van der Waals surface area contributed by atoms with Gasteiger partial charge in [-0.3, -0.25) is 10.1 Å². The Balaban J connectivity index is 1.66. The van der Waals surface area contributed by atoms with Crippen LogP contribution in [0.4, 0.5) is 28.4 Å². The molecule has 4 aromatic carbocycles. The van der Waals surface area contributed by atoms with Crippen molar-refractivity contribution in [2.75, 3.05) is 10.9 Å². The van der Waals surface area contributed by atoms with Gasteiger partial charge in [0.2, 0.25) is 0 Å². The van der Waals surface area contributed by atoms with Crippen molar-refractivity contribution in [2.45, 2.75) is 0 Å². The van der Waals surface area contributed by atoms with E-state index in [-0.39, 0.29) is 16.4 Å². The van der Waals surface area contributed by atoms with Gasteiger partial charge < -0.3 is 10.9 Å². The van der Waals surface area contributed by atoms with E-state index >= 15 is 0 Å². The summed E-state index contributed by atoms with van der Waals surface area (Å²) in [6.07, 6.45) is 0. The smallest absolute Gasteiger partial charge is 0.298 e. The van der Waals surface area contributed by atoms with E-state index in [2.05, 4.69) is 21.1 Å². The van der Waals surface area contributed by atoms with Crippen molar-refractivity contribution in [3.05, 3.63) is 100 Å². The molecule has 0 unspecified atom stereocenters. The molecule has 0 bridgehead atoms. The van der Waals surface area contributed by atoms with Crippen molar-refractivity contribution in [3.63, 3.8) is 0 Å². The fourth-order valence-electron chi connectivity index (χ4n) is 2.98. The van der Waals surface area contributed by atoms with Crippen LogP contribution in [0.1, 0.15) is 0 Å². The van der Waals surface area contributed by atoms with Crippen LogP contribution < -0.4 is 10.9 Å². The first kappa shape index (κ1) is 19.4. The summed E-state index contributed by atoms with van der Waals surface area (Å²) in [6, 6.07) is 25.4. The molecule has 0 fully saturated rings. The molecule has 0 radical (unpaired) electrons. The normalized spacial score (nSPS) is 11.0. The van der Waals surface area contributed by atoms with Crippen LogP contribution in [0, 0.1) is 10.1 Å². The summed E-state index contributed by atoms with van der Waals surface area (Å²) < 4.78 is 0. The number of nitro benzene ring substituents is 1. The lowest BCUT2D eigenvalue weighted by Gasteiger charge is -2.13. The van der Waals surface area contributed by atoms with Crippen LogP contribution in [0.25, 0.3) is 10.8 Å². The second-order valence-electron chi connectivity index (χ2n) is 6.38. The average molecular weight is 418 g/mol. The van der Waals surface area contributed by atoms with Crippen molar-refractivity contribution in [1.82, 2.24) is 0 Å². The topological polar surface area (TPSA) is 91.9 Å². The van der Waals surface area contributed by atoms with Crippen molar-refractivity contribution >= 4 is 50.8 Å². The van der Waals surface area contributed by atoms with E-state index in [1.165, 1.54) is 12.1 Å². The van der Waals surface area contributed by atoms with Gasteiger partial charge in [-0.1, -0.05) is 54.1 Å². The molecule has 8 heteroatoms. The van der Waals surface area contributed by atoms with Crippen LogP contribution >= 0.6 is 11.6 Å². The number of hydrogen-bond acceptors (Lipinski definition) is 6. The monoisotopic (exact) mass is 417 g/mol. The third-order valence-corrected chi connectivity index (χ3v) is 4.65. The van der Waals surface area contributed by atoms with Crippen LogP contribution in [-0.2, 0) is 0 Å². The Labute approximate surface area is 177 Å². The molecule has 0 atom stereocenters. The highest BCUT2D eigenvalue weighted by molar-refractivity contribution is 6.30. The van der Waals surface area contributed by atoms with E-state index in [0.717, 1.165) is 22.1 Å². The van der Waals surface area contributed by atoms with Crippen molar-refractivity contribution < 1.29 is 4.92 Å². The molecule has 0 heterocycles. The number of nitrogens with zero attached hydrogens (tertiary/aromatic N) is 3. The molecule has 0 aliphatic heterocycles. The molecule has 30 heavy (non-hydrogen) atoms. The Morgan fingerprint density at radius 1 is 0.767 bits per heavy atom. The van der Waals surface area contributed by atoms with Crippen LogP contribution in [0.5, 0.6) is 0 Å². The summed E-state index contributed by atoms with van der Waals surface area (Å²) in [5.74, 6) is 0. The zero-order chi connectivity index (χ0) is 20.9. The quantitative estimate of drug-likeness (QED) is 0.196. The van der Waals surface area contributed by atoms with Gasteiger partial charge in [0.1, 0.15) is 0 Å². The minimum Gasteiger partial charge on any atom is -0.301 e. The number of nitrogens with one attached hydrogen (secondary N) is 2. The molecule has 0 aliphatic carbocycles. The lowest BCUT2D eigenvalue weighted by molar-refractivity contribution is -0.384. The van der Waals surface area contributed by atoms with Crippen molar-refractivity contribution in [1.29, 1.82) is 0 Å². The first-order valence-electron chi connectivity index (χ1n) is 9.06. The number of benzene rings is 4. The molecule has 4 aromatic rings. The number of para-hydroxylation sites is 1. The number of halogens is 1. The number of fused-ring (bicyclic) bond motifs is 1. The molecule has 0 spiro atoms. The lowest BCUT2D eigenvalue weighted by Crippen LogP contribution is -2.08. The number of hydrazine groups is 1. The molecule has 0 saturated heterocycles. The van der Waals surface area contributed by atoms with Gasteiger partial charge in [-0.2, -0.15) is 0 Å². The van der Waals surface area contributed by atoms with Crippen LogP contribution in [0.2, 0.25) is 5.02 Å². The fraction of sp³-hybridized carbons (Fsp3) is 0. The van der Waals surface area contributed by atoms with Gasteiger partial charge in [0.25, 0.3) is 5.69 Å². The largest absolute Gasteiger partial charge is 0.301 e. The Morgan fingerprint density at radius 2 is 1.43 bits per heavy atom. The average Bonchev–Trinajstić information content (AvgIpc) is 2.77. The van der Waals surface area contributed by atoms with Gasteiger partial charge in [-0.05, 0) is 36.4 Å². The second-order valence-corrected chi connectivity index (χ2v) is 6.82. The second kappa shape index (κ2) is 8.59. The Morgan fingerprint density at radius 3 is 2.20 bits per heavy atom. The van der Waals surface area contributed by atoms with E-state index in [0.29, 0.717) is 5.69 Å². The molecule has 0 saturated carbocycles. The molecule has 148 valence electrons. The molecule has 0 amide bonds. The molecule has 4 rings (SSSR count). The van der Waals surface area contributed by atoms with Crippen molar-refractivity contribution in [2.24, 2.45) is 10.2 Å². The minimum atomic E-state index is -0.527. The molecular formula is C22H16ClN5O2. The summed E-state index contributed by atoms with van der Waals surface area (Å²) >= 11 is 5.86. The zero-order valence-corrected chi connectivity index (χ0v) is 16.4. The van der Waals surface area contributed by atoms with Crippen LogP contribution in [0.3, 0.4) is 0 Å². The summed E-state index contributed by atoms with van der Waals surface area (Å²) in [6.45, 7) is 0. The predicted molar refractivity (Wildman–Crippen MR) is 120 cm³/mol.